The lowest BCUT2D eigenvalue weighted by Crippen LogP contribution is -2.40. The smallest absolute Gasteiger partial charge is 0.250 e. The molecule has 0 spiro atoms. The Balaban J connectivity index is 1.77. The minimum absolute atomic E-state index is 0.0967. The molecule has 3 rings (SSSR count). The van der Waals surface area contributed by atoms with Crippen LogP contribution in [0, 0.1) is 5.41 Å². The van der Waals surface area contributed by atoms with Gasteiger partial charge in [0, 0.05) is 31.1 Å². The second-order valence-corrected chi connectivity index (χ2v) is 6.67. The number of hydrogen-bond donors (Lipinski definition) is 3. The van der Waals surface area contributed by atoms with Crippen LogP contribution in [0.15, 0.2) is 59.8 Å². The Morgan fingerprint density at radius 3 is 2.73 bits per heavy atom. The number of alkyl halides is 1. The van der Waals surface area contributed by atoms with Crippen LogP contribution >= 0.6 is 0 Å². The van der Waals surface area contributed by atoms with Crippen LogP contribution in [0.3, 0.4) is 0 Å². The minimum atomic E-state index is -1.32. The Morgan fingerprint density at radius 1 is 1.38 bits per heavy atom. The van der Waals surface area contributed by atoms with Crippen molar-refractivity contribution in [3.8, 4) is 0 Å². The molecule has 1 amide bonds. The van der Waals surface area contributed by atoms with Gasteiger partial charge in [-0.2, -0.15) is 0 Å². The van der Waals surface area contributed by atoms with Crippen LogP contribution in [-0.2, 0) is 10.5 Å². The number of rotatable bonds is 4. The highest BCUT2D eigenvalue weighted by Crippen LogP contribution is 2.33. The number of nitrogens with two attached hydrogens (primary N) is 1. The van der Waals surface area contributed by atoms with Crippen LogP contribution in [0.1, 0.15) is 18.4 Å². The number of nitrogens with zero attached hydrogens (tertiary/aromatic N) is 1. The number of halogens is 1. The molecule has 1 aromatic carbocycles. The highest BCUT2D eigenvalue weighted by Gasteiger charge is 2.33. The molecule has 4 N–H and O–H groups in total. The number of primary amides is 1. The largest absolute Gasteiger partial charge is 0.366 e. The Kier molecular flexibility index (Phi) is 5.04. The number of amides is 1. The lowest BCUT2D eigenvalue weighted by Gasteiger charge is -2.31. The van der Waals surface area contributed by atoms with Crippen LogP contribution in [0.2, 0.25) is 0 Å². The number of nitrogens with one attached hydrogen (secondary N) is 2. The number of hydrogen-bond acceptors (Lipinski definition) is 4. The molecule has 0 radical (unpaired) electrons. The predicted octanol–water partition coefficient (Wildman–Crippen LogP) is 2.56. The van der Waals surface area contributed by atoms with Gasteiger partial charge in [-0.05, 0) is 43.2 Å². The second kappa shape index (κ2) is 7.25. The first-order valence-corrected chi connectivity index (χ1v) is 8.63. The molecule has 1 atom stereocenters. The minimum Gasteiger partial charge on any atom is -0.366 e. The molecule has 1 aliphatic heterocycles. The summed E-state index contributed by atoms with van der Waals surface area (Å²) in [4.78, 5) is 13.2. The van der Waals surface area contributed by atoms with Gasteiger partial charge in [-0.1, -0.05) is 24.3 Å². The number of carbonyl (C=O) groups is 1. The molecule has 1 saturated heterocycles. The number of piperidine rings is 1. The van der Waals surface area contributed by atoms with Gasteiger partial charge < -0.3 is 16.0 Å². The Morgan fingerprint density at radius 2 is 2.12 bits per heavy atom. The van der Waals surface area contributed by atoms with Crippen molar-refractivity contribution in [2.24, 2.45) is 5.73 Å². The fraction of sp³-hybridized carbons (Fsp3) is 0.300. The van der Waals surface area contributed by atoms with E-state index in [0.29, 0.717) is 24.1 Å². The molecule has 1 heterocycles. The van der Waals surface area contributed by atoms with Crippen molar-refractivity contribution in [2.75, 3.05) is 25.0 Å². The quantitative estimate of drug-likeness (QED) is 0.777. The number of benzene rings is 1. The summed E-state index contributed by atoms with van der Waals surface area (Å²) in [5.74, 6) is -0.619. The van der Waals surface area contributed by atoms with E-state index in [1.807, 2.05) is 36.2 Å². The van der Waals surface area contributed by atoms with Crippen molar-refractivity contribution in [1.29, 1.82) is 5.41 Å². The molecular formula is C20H23FN4O. The van der Waals surface area contributed by atoms with Crippen LogP contribution in [0.25, 0.3) is 0 Å². The highest BCUT2D eigenvalue weighted by molar-refractivity contribution is 6.28. The zero-order chi connectivity index (χ0) is 18.7. The average molecular weight is 354 g/mol. The summed E-state index contributed by atoms with van der Waals surface area (Å²) in [6, 6.07) is 7.36. The summed E-state index contributed by atoms with van der Waals surface area (Å²) in [7, 11) is 1.85. The highest BCUT2D eigenvalue weighted by atomic mass is 19.1. The van der Waals surface area contributed by atoms with E-state index in [1.54, 1.807) is 18.4 Å². The molecule has 2 aliphatic rings. The molecule has 6 heteroatoms. The van der Waals surface area contributed by atoms with Gasteiger partial charge in [0.15, 0.2) is 0 Å². The van der Waals surface area contributed by atoms with E-state index in [4.69, 9.17) is 11.1 Å². The molecule has 26 heavy (non-hydrogen) atoms. The monoisotopic (exact) mass is 354 g/mol. The Hall–Kier alpha value is -2.73. The molecule has 1 unspecified atom stereocenters. The van der Waals surface area contributed by atoms with Gasteiger partial charge in [-0.3, -0.25) is 10.2 Å². The molecule has 0 bridgehead atoms. The molecule has 5 nitrogen and oxygen atoms in total. The first-order chi connectivity index (χ1) is 12.4. The maximum absolute atomic E-state index is 15.0. The van der Waals surface area contributed by atoms with Gasteiger partial charge in [0.25, 0.3) is 5.91 Å². The zero-order valence-electron chi connectivity index (χ0n) is 14.8. The van der Waals surface area contributed by atoms with Crippen molar-refractivity contribution < 1.29 is 9.18 Å². The first-order valence-electron chi connectivity index (χ1n) is 8.63. The van der Waals surface area contributed by atoms with Crippen LogP contribution in [0.5, 0.6) is 0 Å². The zero-order valence-corrected chi connectivity index (χ0v) is 14.8. The Labute approximate surface area is 152 Å². The van der Waals surface area contributed by atoms with Crippen molar-refractivity contribution in [3.63, 3.8) is 0 Å². The van der Waals surface area contributed by atoms with Crippen molar-refractivity contribution in [1.82, 2.24) is 5.32 Å². The summed E-state index contributed by atoms with van der Waals surface area (Å²) < 4.78 is 15.0. The summed E-state index contributed by atoms with van der Waals surface area (Å²) in [6.45, 7) is 1.21. The van der Waals surface area contributed by atoms with E-state index >= 15 is 4.39 Å². The van der Waals surface area contributed by atoms with Crippen molar-refractivity contribution in [2.45, 2.75) is 18.5 Å². The average Bonchev–Trinajstić information content (AvgIpc) is 2.64. The maximum Gasteiger partial charge on any atom is 0.250 e. The van der Waals surface area contributed by atoms with E-state index < -0.39 is 11.6 Å². The maximum atomic E-state index is 15.0. The first kappa shape index (κ1) is 18.1. The van der Waals surface area contributed by atoms with Crippen molar-refractivity contribution in [3.05, 3.63) is 65.4 Å². The van der Waals surface area contributed by atoms with E-state index in [9.17, 15) is 4.79 Å². The van der Waals surface area contributed by atoms with Gasteiger partial charge in [-0.15, -0.1) is 0 Å². The molecule has 0 aromatic heterocycles. The molecule has 1 aliphatic carbocycles. The predicted molar refractivity (Wildman–Crippen MR) is 102 cm³/mol. The standard InChI is InChI=1S/C20H23FN4O/c1-25(12-14-4-2-5-17(18(14)22)19(23)26)16-8-6-15(7-9-16)20(21)10-3-11-24-13-20/h2,4-9,12,22,24H,3,10-11,13H2,1H3,(H2,23,26)/b14-12-,22-18?. The second-order valence-electron chi connectivity index (χ2n) is 6.67. The van der Waals surface area contributed by atoms with Crippen LogP contribution in [0.4, 0.5) is 10.1 Å². The number of anilines is 1. The third-order valence-corrected chi connectivity index (χ3v) is 4.82. The lowest BCUT2D eigenvalue weighted by molar-refractivity contribution is -0.114. The van der Waals surface area contributed by atoms with Gasteiger partial charge >= 0.3 is 0 Å². The third kappa shape index (κ3) is 3.60. The van der Waals surface area contributed by atoms with E-state index in [1.165, 1.54) is 6.08 Å². The summed E-state index contributed by atoms with van der Waals surface area (Å²) in [6.07, 6.45) is 8.11. The summed E-state index contributed by atoms with van der Waals surface area (Å²) >= 11 is 0. The normalized spacial score (nSPS) is 24.5. The van der Waals surface area contributed by atoms with E-state index in [0.717, 1.165) is 18.7 Å². The molecule has 1 aromatic rings. The topological polar surface area (TPSA) is 82.2 Å². The van der Waals surface area contributed by atoms with E-state index in [2.05, 4.69) is 5.32 Å². The summed E-state index contributed by atoms with van der Waals surface area (Å²) in [5, 5.41) is 11.2. The Bertz CT molecular complexity index is 802. The van der Waals surface area contributed by atoms with Gasteiger partial charge in [-0.25, -0.2) is 4.39 Å². The van der Waals surface area contributed by atoms with Crippen molar-refractivity contribution >= 4 is 17.3 Å². The lowest BCUT2D eigenvalue weighted by atomic mass is 9.88. The van der Waals surface area contributed by atoms with Gasteiger partial charge in [0.05, 0.1) is 11.3 Å². The van der Waals surface area contributed by atoms with Gasteiger partial charge in [0.1, 0.15) is 5.67 Å². The third-order valence-electron chi connectivity index (χ3n) is 4.82. The SMILES string of the molecule is CN(/C=C1/C=CC=C(C(N)=O)C1=N)c1ccc(C2(F)CCCNC2)cc1. The fourth-order valence-corrected chi connectivity index (χ4v) is 3.28. The van der Waals surface area contributed by atoms with Gasteiger partial charge in [0.2, 0.25) is 0 Å². The number of carbonyl (C=O) groups excluding carboxylic acids is 1. The summed E-state index contributed by atoms with van der Waals surface area (Å²) in [5.41, 5.74) is 6.40. The number of allylic oxidation sites excluding steroid dienone is 4. The van der Waals surface area contributed by atoms with Crippen LogP contribution in [-0.4, -0.2) is 31.8 Å². The van der Waals surface area contributed by atoms with E-state index in [-0.39, 0.29) is 11.3 Å². The fourth-order valence-electron chi connectivity index (χ4n) is 3.28. The molecular weight excluding hydrogens is 331 g/mol. The van der Waals surface area contributed by atoms with Crippen LogP contribution < -0.4 is 16.0 Å². The molecule has 136 valence electrons. The molecule has 0 saturated carbocycles. The molecule has 1 fully saturated rings.